The molecule has 2 N–H and O–H groups in total. The summed E-state index contributed by atoms with van der Waals surface area (Å²) in [5, 5.41) is 19.7. The minimum Gasteiger partial charge on any atom is -0.493 e. The van der Waals surface area contributed by atoms with Crippen LogP contribution in [-0.4, -0.2) is 56.1 Å². The van der Waals surface area contributed by atoms with Crippen LogP contribution >= 0.6 is 0 Å². The van der Waals surface area contributed by atoms with E-state index in [-0.39, 0.29) is 12.3 Å². The molecule has 0 spiro atoms. The van der Waals surface area contributed by atoms with Crippen molar-refractivity contribution in [2.75, 3.05) is 40.5 Å². The van der Waals surface area contributed by atoms with Crippen molar-refractivity contribution in [3.8, 4) is 17.4 Å². The molecule has 0 radical (unpaired) electrons. The van der Waals surface area contributed by atoms with Crippen LogP contribution < -0.4 is 14.4 Å². The molecule has 9 nitrogen and oxygen atoms in total. The fourth-order valence-corrected chi connectivity index (χ4v) is 3.88. The molecule has 1 aromatic heterocycles. The molecule has 1 fully saturated rings. The zero-order chi connectivity index (χ0) is 22.5. The van der Waals surface area contributed by atoms with Crippen LogP contribution in [0, 0.1) is 0 Å². The molecule has 1 saturated heterocycles. The largest absolute Gasteiger partial charge is 0.493 e. The Bertz CT molecular complexity index is 1130. The van der Waals surface area contributed by atoms with Crippen LogP contribution in [0.4, 0.5) is 5.69 Å². The van der Waals surface area contributed by atoms with Crippen molar-refractivity contribution in [2.24, 2.45) is 10.2 Å². The van der Waals surface area contributed by atoms with E-state index in [2.05, 4.69) is 10.2 Å². The lowest BCUT2D eigenvalue weighted by Gasteiger charge is -2.24. The molecule has 168 valence electrons. The highest BCUT2D eigenvalue weighted by atomic mass is 16.5. The lowest BCUT2D eigenvalue weighted by molar-refractivity contribution is -0.930. The van der Waals surface area contributed by atoms with Gasteiger partial charge >= 0.3 is 0 Å². The smallest absolute Gasteiger partial charge is 0.269 e. The number of morpholine rings is 1. The highest BCUT2D eigenvalue weighted by Gasteiger charge is 2.21. The van der Waals surface area contributed by atoms with Crippen LogP contribution in [0.3, 0.4) is 0 Å². The Morgan fingerprint density at radius 2 is 1.88 bits per heavy atom. The summed E-state index contributed by atoms with van der Waals surface area (Å²) in [5.74, 6) is 0.714. The number of azo groups is 1. The number of nitrogens with one attached hydrogen (secondary N) is 1. The number of aromatic hydroxyl groups is 1. The number of aromatic nitrogens is 1. The first kappa shape index (κ1) is 21.8. The van der Waals surface area contributed by atoms with E-state index in [1.807, 2.05) is 28.8 Å². The van der Waals surface area contributed by atoms with E-state index < -0.39 is 5.91 Å². The third-order valence-electron chi connectivity index (χ3n) is 5.56. The van der Waals surface area contributed by atoms with Gasteiger partial charge in [0.1, 0.15) is 13.1 Å². The van der Waals surface area contributed by atoms with Gasteiger partial charge < -0.3 is 24.2 Å². The van der Waals surface area contributed by atoms with Gasteiger partial charge in [-0.3, -0.25) is 9.36 Å². The number of rotatable bonds is 7. The van der Waals surface area contributed by atoms with Crippen molar-refractivity contribution < 1.29 is 29.0 Å². The van der Waals surface area contributed by atoms with Gasteiger partial charge in [-0.25, -0.2) is 0 Å². The lowest BCUT2D eigenvalue weighted by Crippen LogP contribution is -3.13. The van der Waals surface area contributed by atoms with Crippen LogP contribution in [0.25, 0.3) is 10.9 Å². The van der Waals surface area contributed by atoms with E-state index in [0.717, 1.165) is 29.6 Å². The Kier molecular flexibility index (Phi) is 6.67. The van der Waals surface area contributed by atoms with Crippen molar-refractivity contribution in [2.45, 2.75) is 13.1 Å². The number of hydrogen-bond acceptors (Lipinski definition) is 6. The molecular formula is C23H27N4O5+. The van der Waals surface area contributed by atoms with Crippen molar-refractivity contribution in [1.82, 2.24) is 4.57 Å². The predicted molar refractivity (Wildman–Crippen MR) is 118 cm³/mol. The maximum Gasteiger partial charge on any atom is 0.269 e. The number of nitrogens with zero attached hydrogens (tertiary/aromatic N) is 3. The standard InChI is InChI=1S/C23H26N4O5/c1-30-19-8-7-16(13-20(19)31-2)14-21(28)24-25-22-17-5-3-4-6-18(17)27(23(22)29)15-26-9-11-32-12-10-26/h3-8,13,29H,9-12,14-15H2,1-2H3/p+1. The SMILES string of the molecule is COc1ccc(CC(=O)N=Nc2c(O)n(C[NH+]3CCOCC3)c3ccccc23)cc1OC. The van der Waals surface area contributed by atoms with E-state index in [0.29, 0.717) is 37.1 Å². The van der Waals surface area contributed by atoms with Crippen molar-refractivity contribution >= 4 is 22.5 Å². The average molecular weight is 439 g/mol. The predicted octanol–water partition coefficient (Wildman–Crippen LogP) is 2.09. The average Bonchev–Trinajstić information content (AvgIpc) is 3.09. The minimum atomic E-state index is -0.424. The first-order chi connectivity index (χ1) is 15.6. The van der Waals surface area contributed by atoms with Crippen LogP contribution in [0.2, 0.25) is 0 Å². The van der Waals surface area contributed by atoms with Crippen molar-refractivity contribution in [3.63, 3.8) is 0 Å². The lowest BCUT2D eigenvalue weighted by atomic mass is 10.1. The zero-order valence-corrected chi connectivity index (χ0v) is 18.2. The monoisotopic (exact) mass is 439 g/mol. The molecule has 0 unspecified atom stereocenters. The normalized spacial score (nSPS) is 14.8. The molecular weight excluding hydrogens is 412 g/mol. The quantitative estimate of drug-likeness (QED) is 0.550. The topological polar surface area (TPSA) is 99.1 Å². The van der Waals surface area contributed by atoms with Gasteiger partial charge in [0.05, 0.1) is 39.4 Å². The number of para-hydroxylation sites is 1. The molecule has 32 heavy (non-hydrogen) atoms. The number of ether oxygens (including phenoxy) is 3. The number of hydrogen-bond donors (Lipinski definition) is 2. The summed E-state index contributed by atoms with van der Waals surface area (Å²) in [4.78, 5) is 13.8. The molecule has 1 amide bonds. The molecule has 4 rings (SSSR count). The molecule has 0 aliphatic carbocycles. The van der Waals surface area contributed by atoms with Gasteiger partial charge in [-0.2, -0.15) is 0 Å². The molecule has 2 heterocycles. The van der Waals surface area contributed by atoms with Gasteiger partial charge in [-0.15, -0.1) is 10.2 Å². The van der Waals surface area contributed by atoms with E-state index in [1.165, 1.54) is 4.90 Å². The van der Waals surface area contributed by atoms with Crippen LogP contribution in [0.15, 0.2) is 52.7 Å². The Labute approximate surface area is 185 Å². The van der Waals surface area contributed by atoms with Gasteiger partial charge in [0.2, 0.25) is 5.88 Å². The van der Waals surface area contributed by atoms with E-state index in [9.17, 15) is 9.90 Å². The summed E-state index contributed by atoms with van der Waals surface area (Å²) in [6, 6.07) is 12.8. The number of quaternary nitrogens is 1. The number of amides is 1. The Balaban J connectivity index is 1.55. The number of carbonyl (C=O) groups is 1. The van der Waals surface area contributed by atoms with Crippen molar-refractivity contribution in [3.05, 3.63) is 48.0 Å². The third-order valence-corrected chi connectivity index (χ3v) is 5.56. The van der Waals surface area contributed by atoms with Crippen molar-refractivity contribution in [1.29, 1.82) is 0 Å². The molecule has 1 aliphatic heterocycles. The molecule has 9 heteroatoms. The summed E-state index contributed by atoms with van der Waals surface area (Å²) in [6.45, 7) is 3.73. The Hall–Kier alpha value is -3.43. The molecule has 0 bridgehead atoms. The molecule has 0 saturated carbocycles. The number of benzene rings is 2. The molecule has 0 atom stereocenters. The van der Waals surface area contributed by atoms with Gasteiger partial charge in [0.25, 0.3) is 5.91 Å². The summed E-state index contributed by atoms with van der Waals surface area (Å²) >= 11 is 0. The Morgan fingerprint density at radius 1 is 1.12 bits per heavy atom. The second-order valence-electron chi connectivity index (χ2n) is 7.60. The van der Waals surface area contributed by atoms with Gasteiger partial charge in [0, 0.05) is 5.39 Å². The molecule has 3 aromatic rings. The van der Waals surface area contributed by atoms with E-state index >= 15 is 0 Å². The van der Waals surface area contributed by atoms with Crippen LogP contribution in [0.1, 0.15) is 5.56 Å². The maximum atomic E-state index is 12.5. The van der Waals surface area contributed by atoms with Gasteiger partial charge in [0.15, 0.2) is 23.9 Å². The van der Waals surface area contributed by atoms with E-state index in [1.54, 1.807) is 32.4 Å². The van der Waals surface area contributed by atoms with Gasteiger partial charge in [-0.1, -0.05) is 24.3 Å². The number of carbonyl (C=O) groups excluding carboxylic acids is 1. The second-order valence-corrected chi connectivity index (χ2v) is 7.60. The van der Waals surface area contributed by atoms with E-state index in [4.69, 9.17) is 14.2 Å². The summed E-state index contributed by atoms with van der Waals surface area (Å²) in [5.41, 5.74) is 1.88. The fourth-order valence-electron chi connectivity index (χ4n) is 3.88. The maximum absolute atomic E-state index is 12.5. The number of fused-ring (bicyclic) bond motifs is 1. The highest BCUT2D eigenvalue weighted by Crippen LogP contribution is 2.38. The summed E-state index contributed by atoms with van der Waals surface area (Å²) in [6.07, 6.45) is 0.0567. The van der Waals surface area contributed by atoms with Crippen LogP contribution in [0.5, 0.6) is 17.4 Å². The Morgan fingerprint density at radius 3 is 2.62 bits per heavy atom. The molecule has 1 aliphatic rings. The zero-order valence-electron chi connectivity index (χ0n) is 18.2. The highest BCUT2D eigenvalue weighted by molar-refractivity contribution is 5.95. The summed E-state index contributed by atoms with van der Waals surface area (Å²) < 4.78 is 17.7. The minimum absolute atomic E-state index is 0.00728. The third kappa shape index (κ3) is 4.58. The molecule has 2 aromatic carbocycles. The summed E-state index contributed by atoms with van der Waals surface area (Å²) in [7, 11) is 3.10. The fraction of sp³-hybridized carbons (Fsp3) is 0.348. The first-order valence-corrected chi connectivity index (χ1v) is 10.5. The van der Waals surface area contributed by atoms with Crippen LogP contribution in [-0.2, 0) is 22.6 Å². The number of methoxy groups -OCH3 is 2. The second kappa shape index (κ2) is 9.80. The van der Waals surface area contributed by atoms with Gasteiger partial charge in [-0.05, 0) is 23.8 Å². The first-order valence-electron chi connectivity index (χ1n) is 10.5.